The van der Waals surface area contributed by atoms with E-state index in [1.807, 2.05) is 35.9 Å². The summed E-state index contributed by atoms with van der Waals surface area (Å²) in [6.45, 7) is 0. The third-order valence-electron chi connectivity index (χ3n) is 2.57. The number of aromatic nitrogens is 1. The van der Waals surface area contributed by atoms with Gasteiger partial charge in [-0.1, -0.05) is 11.3 Å². The lowest BCUT2D eigenvalue weighted by Crippen LogP contribution is -2.18. The van der Waals surface area contributed by atoms with Crippen LogP contribution in [0.1, 0.15) is 0 Å². The molecule has 1 aromatic carbocycles. The summed E-state index contributed by atoms with van der Waals surface area (Å²) >= 11 is 4.64. The molecule has 4 nitrogen and oxygen atoms in total. The number of rotatable bonds is 3. The van der Waals surface area contributed by atoms with E-state index in [2.05, 4.69) is 21.7 Å². The molecule has 2 aromatic heterocycles. The summed E-state index contributed by atoms with van der Waals surface area (Å²) < 4.78 is 1.07. The van der Waals surface area contributed by atoms with E-state index >= 15 is 0 Å². The van der Waals surface area contributed by atoms with E-state index in [0.717, 1.165) is 15.2 Å². The van der Waals surface area contributed by atoms with Crippen LogP contribution in [0.15, 0.2) is 40.6 Å². The van der Waals surface area contributed by atoms with E-state index in [1.54, 1.807) is 11.8 Å². The minimum Gasteiger partial charge on any atom is -0.299 e. The molecule has 2 heterocycles. The summed E-state index contributed by atoms with van der Waals surface area (Å²) in [4.78, 5) is 17.4. The van der Waals surface area contributed by atoms with Crippen LogP contribution >= 0.6 is 34.4 Å². The van der Waals surface area contributed by atoms with Gasteiger partial charge in [0.2, 0.25) is 0 Å². The van der Waals surface area contributed by atoms with Gasteiger partial charge in [-0.2, -0.15) is 0 Å². The zero-order valence-electron chi connectivity index (χ0n) is 10.5. The minimum atomic E-state index is -0.267. The van der Waals surface area contributed by atoms with Crippen molar-refractivity contribution in [1.82, 2.24) is 4.98 Å². The van der Waals surface area contributed by atoms with Crippen molar-refractivity contribution in [3.8, 4) is 0 Å². The molecule has 0 saturated heterocycles. The van der Waals surface area contributed by atoms with Crippen LogP contribution in [0.3, 0.4) is 0 Å². The second kappa shape index (κ2) is 5.82. The fourth-order valence-electron chi connectivity index (χ4n) is 1.68. The van der Waals surface area contributed by atoms with E-state index < -0.39 is 0 Å². The van der Waals surface area contributed by atoms with Crippen molar-refractivity contribution in [2.24, 2.45) is 0 Å². The lowest BCUT2D eigenvalue weighted by atomic mass is 10.3. The Morgan fingerprint density at radius 1 is 1.30 bits per heavy atom. The highest BCUT2D eigenvalue weighted by Gasteiger charge is 2.08. The second-order valence-electron chi connectivity index (χ2n) is 3.91. The number of fused-ring (bicyclic) bond motifs is 1. The highest BCUT2D eigenvalue weighted by Crippen LogP contribution is 2.29. The predicted molar refractivity (Wildman–Crippen MR) is 88.4 cm³/mol. The quantitative estimate of drug-likeness (QED) is 0.686. The summed E-state index contributed by atoms with van der Waals surface area (Å²) in [7, 11) is 0. The van der Waals surface area contributed by atoms with Crippen LogP contribution < -0.4 is 10.6 Å². The molecule has 0 bridgehead atoms. The Hall–Kier alpha value is -1.57. The summed E-state index contributed by atoms with van der Waals surface area (Å²) in [5.74, 6) is 0. The van der Waals surface area contributed by atoms with E-state index in [9.17, 15) is 4.79 Å². The lowest BCUT2D eigenvalue weighted by Gasteiger charge is -2.01. The largest absolute Gasteiger partial charge is 0.326 e. The molecule has 0 aliphatic carbocycles. The highest BCUT2D eigenvalue weighted by molar-refractivity contribution is 7.98. The van der Waals surface area contributed by atoms with Gasteiger partial charge >= 0.3 is 6.03 Å². The van der Waals surface area contributed by atoms with Crippen LogP contribution in [0.4, 0.5) is 14.9 Å². The van der Waals surface area contributed by atoms with Crippen LogP contribution in [-0.4, -0.2) is 17.3 Å². The van der Waals surface area contributed by atoms with Gasteiger partial charge in [-0.15, -0.1) is 23.1 Å². The van der Waals surface area contributed by atoms with E-state index in [0.29, 0.717) is 5.13 Å². The van der Waals surface area contributed by atoms with Crippen LogP contribution in [0.5, 0.6) is 0 Å². The molecular formula is C13H11N3OS3. The fraction of sp³-hybridized carbons (Fsp3) is 0.0769. The molecule has 20 heavy (non-hydrogen) atoms. The van der Waals surface area contributed by atoms with Gasteiger partial charge in [-0.25, -0.2) is 9.78 Å². The summed E-state index contributed by atoms with van der Waals surface area (Å²) in [5, 5.41) is 8.86. The Morgan fingerprint density at radius 2 is 2.20 bits per heavy atom. The van der Waals surface area contributed by atoms with Gasteiger partial charge in [0.25, 0.3) is 0 Å². The molecule has 0 unspecified atom stereocenters. The second-order valence-corrected chi connectivity index (χ2v) is 6.77. The van der Waals surface area contributed by atoms with Gasteiger partial charge in [0, 0.05) is 4.90 Å². The maximum Gasteiger partial charge on any atom is 0.326 e. The fourth-order valence-corrected chi connectivity index (χ4v) is 3.70. The minimum absolute atomic E-state index is 0.267. The number of urea groups is 1. The van der Waals surface area contributed by atoms with Crippen molar-refractivity contribution < 1.29 is 4.79 Å². The van der Waals surface area contributed by atoms with Gasteiger partial charge in [0.15, 0.2) is 5.13 Å². The maximum atomic E-state index is 11.8. The number of benzene rings is 1. The third-order valence-corrected chi connectivity index (χ3v) is 5.02. The van der Waals surface area contributed by atoms with Crippen molar-refractivity contribution in [2.75, 3.05) is 16.9 Å². The standard InChI is InChI=1S/C13H11N3OS3/c1-18-8-4-5-9-10(7-8)20-13(14-9)16-12(17)15-11-3-2-6-19-11/h2-7H,1H3,(H2,14,15,16,17). The monoisotopic (exact) mass is 321 g/mol. The number of thiazole rings is 1. The Kier molecular flexibility index (Phi) is 3.90. The molecule has 0 spiro atoms. The normalized spacial score (nSPS) is 10.7. The van der Waals surface area contributed by atoms with Crippen molar-refractivity contribution in [3.63, 3.8) is 0 Å². The molecule has 0 aliphatic rings. The van der Waals surface area contributed by atoms with Crippen molar-refractivity contribution >= 4 is 60.8 Å². The first kappa shape index (κ1) is 13.4. The van der Waals surface area contributed by atoms with Gasteiger partial charge in [0.1, 0.15) is 0 Å². The molecular weight excluding hydrogens is 310 g/mol. The molecule has 0 fully saturated rings. The smallest absolute Gasteiger partial charge is 0.299 e. The summed E-state index contributed by atoms with van der Waals surface area (Å²) in [6.07, 6.45) is 2.04. The molecule has 0 aliphatic heterocycles. The van der Waals surface area contributed by atoms with Crippen molar-refractivity contribution in [2.45, 2.75) is 4.90 Å². The van der Waals surface area contributed by atoms with Crippen molar-refractivity contribution in [3.05, 3.63) is 35.7 Å². The number of amides is 2. The van der Waals surface area contributed by atoms with E-state index in [4.69, 9.17) is 0 Å². The molecule has 7 heteroatoms. The lowest BCUT2D eigenvalue weighted by molar-refractivity contribution is 0.262. The number of thiophene rings is 1. The zero-order valence-corrected chi connectivity index (χ0v) is 13.0. The Morgan fingerprint density at radius 3 is 2.95 bits per heavy atom. The maximum absolute atomic E-state index is 11.8. The van der Waals surface area contributed by atoms with Gasteiger partial charge < -0.3 is 0 Å². The van der Waals surface area contributed by atoms with Gasteiger partial charge in [-0.3, -0.25) is 10.6 Å². The van der Waals surface area contributed by atoms with E-state index in [1.165, 1.54) is 27.6 Å². The number of hydrogen-bond acceptors (Lipinski definition) is 5. The zero-order chi connectivity index (χ0) is 13.9. The topological polar surface area (TPSA) is 54.0 Å². The molecule has 3 rings (SSSR count). The van der Waals surface area contributed by atoms with Crippen LogP contribution in [0, 0.1) is 0 Å². The molecule has 102 valence electrons. The highest BCUT2D eigenvalue weighted by atomic mass is 32.2. The number of anilines is 2. The number of carbonyl (C=O) groups is 1. The Balaban J connectivity index is 1.75. The molecule has 0 saturated carbocycles. The Bertz CT molecular complexity index is 736. The average molecular weight is 321 g/mol. The molecule has 0 radical (unpaired) electrons. The number of thioether (sulfide) groups is 1. The first-order chi connectivity index (χ1) is 9.74. The van der Waals surface area contributed by atoms with Gasteiger partial charge in [0.05, 0.1) is 15.2 Å². The third kappa shape index (κ3) is 2.95. The predicted octanol–water partition coefficient (Wildman–Crippen LogP) is 4.72. The number of hydrogen-bond donors (Lipinski definition) is 2. The average Bonchev–Trinajstić information content (AvgIpc) is 3.06. The van der Waals surface area contributed by atoms with Crippen LogP contribution in [0.2, 0.25) is 0 Å². The molecule has 2 amide bonds. The van der Waals surface area contributed by atoms with Gasteiger partial charge in [-0.05, 0) is 42.0 Å². The molecule has 3 aromatic rings. The Labute approximate surface area is 128 Å². The van der Waals surface area contributed by atoms with Crippen molar-refractivity contribution in [1.29, 1.82) is 0 Å². The van der Waals surface area contributed by atoms with Crippen LogP contribution in [0.25, 0.3) is 10.2 Å². The summed E-state index contributed by atoms with van der Waals surface area (Å²) in [6, 6.07) is 9.56. The summed E-state index contributed by atoms with van der Waals surface area (Å²) in [5.41, 5.74) is 0.902. The number of nitrogens with zero attached hydrogens (tertiary/aromatic N) is 1. The molecule has 2 N–H and O–H groups in total. The van der Waals surface area contributed by atoms with E-state index in [-0.39, 0.29) is 6.03 Å². The molecule has 0 atom stereocenters. The number of carbonyl (C=O) groups excluding carboxylic acids is 1. The number of nitrogens with one attached hydrogen (secondary N) is 2. The first-order valence-corrected chi connectivity index (χ1v) is 8.73. The first-order valence-electron chi connectivity index (χ1n) is 5.81. The SMILES string of the molecule is CSc1ccc2nc(NC(=O)Nc3cccs3)sc2c1. The van der Waals surface area contributed by atoms with Crippen LogP contribution in [-0.2, 0) is 0 Å².